The minimum atomic E-state index is 0.160. The standard InChI is InChI=1S/C14H25N3O2/c1-2-7-17(8-3-1)10-13-11-18-16-14(19-13)12-5-4-6-15-9-12/h12-13,15H,1-11H2. The average molecular weight is 267 g/mol. The first kappa shape index (κ1) is 13.2. The van der Waals surface area contributed by atoms with E-state index in [9.17, 15) is 0 Å². The van der Waals surface area contributed by atoms with Crippen LogP contribution < -0.4 is 5.32 Å². The fourth-order valence-electron chi connectivity index (χ4n) is 3.16. The lowest BCUT2D eigenvalue weighted by Crippen LogP contribution is -2.44. The van der Waals surface area contributed by atoms with Crippen molar-refractivity contribution in [2.45, 2.75) is 38.2 Å². The van der Waals surface area contributed by atoms with Crippen molar-refractivity contribution in [3.05, 3.63) is 0 Å². The molecule has 2 saturated heterocycles. The Bertz CT molecular complexity index is 310. The van der Waals surface area contributed by atoms with Crippen LogP contribution in [0.5, 0.6) is 0 Å². The molecule has 5 nitrogen and oxygen atoms in total. The number of likely N-dealkylation sites (tertiary alicyclic amines) is 1. The number of ether oxygens (including phenoxy) is 1. The highest BCUT2D eigenvalue weighted by Crippen LogP contribution is 2.18. The van der Waals surface area contributed by atoms with E-state index < -0.39 is 0 Å². The van der Waals surface area contributed by atoms with Gasteiger partial charge in [-0.15, -0.1) is 0 Å². The van der Waals surface area contributed by atoms with E-state index in [-0.39, 0.29) is 6.10 Å². The predicted molar refractivity (Wildman–Crippen MR) is 74.1 cm³/mol. The van der Waals surface area contributed by atoms with Crippen molar-refractivity contribution in [1.29, 1.82) is 0 Å². The molecule has 0 radical (unpaired) electrons. The quantitative estimate of drug-likeness (QED) is 0.834. The highest BCUT2D eigenvalue weighted by molar-refractivity contribution is 5.79. The van der Waals surface area contributed by atoms with Crippen molar-refractivity contribution in [2.75, 3.05) is 39.3 Å². The summed E-state index contributed by atoms with van der Waals surface area (Å²) in [5.74, 6) is 1.22. The van der Waals surface area contributed by atoms with Gasteiger partial charge in [-0.1, -0.05) is 11.6 Å². The Balaban J connectivity index is 1.50. The fraction of sp³-hybridized carbons (Fsp3) is 0.929. The molecule has 2 atom stereocenters. The van der Waals surface area contributed by atoms with E-state index in [1.165, 1.54) is 38.8 Å². The predicted octanol–water partition coefficient (Wildman–Crippen LogP) is 1.20. The third-order valence-electron chi connectivity index (χ3n) is 4.26. The smallest absolute Gasteiger partial charge is 0.230 e. The average Bonchev–Trinajstić information content (AvgIpc) is 2.49. The molecule has 0 aromatic rings. The molecule has 5 heteroatoms. The number of nitrogens with zero attached hydrogens (tertiary/aromatic N) is 2. The van der Waals surface area contributed by atoms with Crippen molar-refractivity contribution < 1.29 is 9.57 Å². The molecule has 19 heavy (non-hydrogen) atoms. The van der Waals surface area contributed by atoms with Gasteiger partial charge in [0, 0.05) is 13.1 Å². The number of rotatable bonds is 3. The summed E-state index contributed by atoms with van der Waals surface area (Å²) in [5, 5.41) is 7.53. The molecule has 0 aromatic heterocycles. The molecule has 2 unspecified atom stereocenters. The zero-order chi connectivity index (χ0) is 12.9. The first-order valence-electron chi connectivity index (χ1n) is 7.71. The fourth-order valence-corrected chi connectivity index (χ4v) is 3.16. The van der Waals surface area contributed by atoms with Crippen LogP contribution in [0.25, 0.3) is 0 Å². The molecule has 3 heterocycles. The van der Waals surface area contributed by atoms with Crippen molar-refractivity contribution in [1.82, 2.24) is 10.2 Å². The van der Waals surface area contributed by atoms with Crippen LogP contribution in [-0.2, 0) is 9.57 Å². The Kier molecular flexibility index (Phi) is 4.56. The normalized spacial score (nSPS) is 33.2. The molecule has 0 saturated carbocycles. The summed E-state index contributed by atoms with van der Waals surface area (Å²) < 4.78 is 6.07. The van der Waals surface area contributed by atoms with Gasteiger partial charge in [-0.3, -0.25) is 4.90 Å². The lowest BCUT2D eigenvalue weighted by Gasteiger charge is -2.33. The number of piperidine rings is 2. The van der Waals surface area contributed by atoms with Crippen LogP contribution in [0.15, 0.2) is 5.16 Å². The van der Waals surface area contributed by atoms with E-state index in [0.29, 0.717) is 12.5 Å². The lowest BCUT2D eigenvalue weighted by atomic mass is 9.99. The second-order valence-corrected chi connectivity index (χ2v) is 5.87. The van der Waals surface area contributed by atoms with Gasteiger partial charge >= 0.3 is 0 Å². The highest BCUT2D eigenvalue weighted by Gasteiger charge is 2.28. The second-order valence-electron chi connectivity index (χ2n) is 5.87. The Morgan fingerprint density at radius 3 is 2.89 bits per heavy atom. The third-order valence-corrected chi connectivity index (χ3v) is 4.26. The van der Waals surface area contributed by atoms with Gasteiger partial charge in [-0.2, -0.15) is 0 Å². The summed E-state index contributed by atoms with van der Waals surface area (Å²) in [6.45, 7) is 6.08. The van der Waals surface area contributed by atoms with Gasteiger partial charge in [0.15, 0.2) is 6.61 Å². The zero-order valence-corrected chi connectivity index (χ0v) is 11.6. The Morgan fingerprint density at radius 1 is 1.21 bits per heavy atom. The summed E-state index contributed by atoms with van der Waals surface area (Å²) in [6, 6.07) is 0. The summed E-state index contributed by atoms with van der Waals surface area (Å²) in [7, 11) is 0. The van der Waals surface area contributed by atoms with Crippen molar-refractivity contribution >= 4 is 5.90 Å². The lowest BCUT2D eigenvalue weighted by molar-refractivity contribution is -0.0160. The first-order chi connectivity index (χ1) is 9.42. The monoisotopic (exact) mass is 267 g/mol. The SMILES string of the molecule is C1CCN(CC2CON=C(C3CCCNC3)O2)CC1. The largest absolute Gasteiger partial charge is 0.470 e. The van der Waals surface area contributed by atoms with Crippen LogP contribution in [-0.4, -0.2) is 56.2 Å². The zero-order valence-electron chi connectivity index (χ0n) is 11.6. The molecule has 0 aliphatic carbocycles. The van der Waals surface area contributed by atoms with Gasteiger partial charge in [0.2, 0.25) is 5.90 Å². The van der Waals surface area contributed by atoms with Gasteiger partial charge in [0.05, 0.1) is 5.92 Å². The van der Waals surface area contributed by atoms with Crippen LogP contribution >= 0.6 is 0 Å². The van der Waals surface area contributed by atoms with E-state index in [2.05, 4.69) is 15.4 Å². The molecule has 2 fully saturated rings. The van der Waals surface area contributed by atoms with Gasteiger partial charge in [-0.05, 0) is 45.3 Å². The van der Waals surface area contributed by atoms with E-state index in [0.717, 1.165) is 32.0 Å². The Morgan fingerprint density at radius 2 is 2.11 bits per heavy atom. The first-order valence-corrected chi connectivity index (χ1v) is 7.71. The topological polar surface area (TPSA) is 46.1 Å². The van der Waals surface area contributed by atoms with Crippen LogP contribution in [0.1, 0.15) is 32.1 Å². The van der Waals surface area contributed by atoms with Crippen LogP contribution in [0.4, 0.5) is 0 Å². The van der Waals surface area contributed by atoms with Gasteiger partial charge < -0.3 is 14.9 Å². The Hall–Kier alpha value is -0.810. The number of hydrogen-bond acceptors (Lipinski definition) is 5. The minimum absolute atomic E-state index is 0.160. The Labute approximate surface area is 115 Å². The molecule has 1 N–H and O–H groups in total. The molecular formula is C14H25N3O2. The molecule has 0 amide bonds. The summed E-state index contributed by atoms with van der Waals surface area (Å²) in [4.78, 5) is 7.90. The van der Waals surface area contributed by atoms with Crippen molar-refractivity contribution in [2.24, 2.45) is 11.1 Å². The van der Waals surface area contributed by atoms with Crippen LogP contribution in [0.2, 0.25) is 0 Å². The number of hydrogen-bond donors (Lipinski definition) is 1. The number of nitrogens with one attached hydrogen (secondary N) is 1. The molecule has 0 spiro atoms. The molecule has 108 valence electrons. The number of oxime groups is 1. The van der Waals surface area contributed by atoms with Crippen LogP contribution in [0.3, 0.4) is 0 Å². The molecule has 3 rings (SSSR count). The minimum Gasteiger partial charge on any atom is -0.470 e. The van der Waals surface area contributed by atoms with Crippen LogP contribution in [0, 0.1) is 5.92 Å². The summed E-state index contributed by atoms with van der Waals surface area (Å²) in [5.41, 5.74) is 0. The highest BCUT2D eigenvalue weighted by atomic mass is 16.7. The molecular weight excluding hydrogens is 242 g/mol. The second kappa shape index (κ2) is 6.57. The van der Waals surface area contributed by atoms with E-state index in [1.807, 2.05) is 0 Å². The van der Waals surface area contributed by atoms with Crippen molar-refractivity contribution in [3.63, 3.8) is 0 Å². The summed E-state index contributed by atoms with van der Waals surface area (Å²) in [6.07, 6.45) is 6.53. The van der Waals surface area contributed by atoms with Gasteiger partial charge in [0.1, 0.15) is 6.10 Å². The third kappa shape index (κ3) is 3.60. The molecule has 3 aliphatic heterocycles. The molecule has 0 bridgehead atoms. The maximum atomic E-state index is 6.07. The summed E-state index contributed by atoms with van der Waals surface area (Å²) >= 11 is 0. The van der Waals surface area contributed by atoms with Gasteiger partial charge in [-0.25, -0.2) is 0 Å². The maximum Gasteiger partial charge on any atom is 0.230 e. The van der Waals surface area contributed by atoms with Gasteiger partial charge in [0.25, 0.3) is 0 Å². The molecule has 0 aromatic carbocycles. The maximum absolute atomic E-state index is 6.07. The van der Waals surface area contributed by atoms with E-state index in [1.54, 1.807) is 0 Å². The van der Waals surface area contributed by atoms with Crippen molar-refractivity contribution in [3.8, 4) is 0 Å². The van der Waals surface area contributed by atoms with E-state index >= 15 is 0 Å². The van der Waals surface area contributed by atoms with E-state index in [4.69, 9.17) is 9.57 Å². The molecule has 3 aliphatic rings.